The maximum atomic E-state index is 5.68. The Labute approximate surface area is 231 Å². The minimum absolute atomic E-state index is 0.133. The summed E-state index contributed by atoms with van der Waals surface area (Å²) in [6.45, 7) is 2.60. The molecule has 0 aromatic heterocycles. The largest absolute Gasteiger partial charge is 0.497 e. The zero-order valence-corrected chi connectivity index (χ0v) is 23.1. The molecule has 6 nitrogen and oxygen atoms in total. The van der Waals surface area contributed by atoms with E-state index in [1.807, 2.05) is 12.1 Å². The van der Waals surface area contributed by atoms with Crippen LogP contribution in [0.25, 0.3) is 0 Å². The van der Waals surface area contributed by atoms with E-state index in [1.54, 1.807) is 28.4 Å². The van der Waals surface area contributed by atoms with E-state index >= 15 is 0 Å². The minimum atomic E-state index is 0.133. The lowest BCUT2D eigenvalue weighted by molar-refractivity contribution is 0.246. The zero-order valence-electron chi connectivity index (χ0n) is 23.1. The van der Waals surface area contributed by atoms with Gasteiger partial charge in [0.15, 0.2) is 11.5 Å². The summed E-state index contributed by atoms with van der Waals surface area (Å²) >= 11 is 0. The van der Waals surface area contributed by atoms with E-state index in [-0.39, 0.29) is 6.04 Å². The number of anilines is 2. The molecule has 0 saturated carbocycles. The molecule has 1 unspecified atom stereocenters. The lowest BCUT2D eigenvalue weighted by Gasteiger charge is -2.35. The predicted octanol–water partition coefficient (Wildman–Crippen LogP) is 6.49. The smallest absolute Gasteiger partial charge is 0.203 e. The maximum Gasteiger partial charge on any atom is 0.203 e. The molecule has 1 aliphatic heterocycles. The molecule has 0 amide bonds. The summed E-state index contributed by atoms with van der Waals surface area (Å²) < 4.78 is 22.4. The minimum Gasteiger partial charge on any atom is -0.497 e. The summed E-state index contributed by atoms with van der Waals surface area (Å²) in [5.41, 5.74) is 6.07. The molecule has 0 spiro atoms. The van der Waals surface area contributed by atoms with Gasteiger partial charge in [-0.2, -0.15) is 0 Å². The molecule has 0 bridgehead atoms. The Bertz CT molecular complexity index is 1350. The van der Waals surface area contributed by atoms with E-state index in [2.05, 4.69) is 88.7 Å². The molecule has 0 radical (unpaired) electrons. The van der Waals surface area contributed by atoms with Gasteiger partial charge in [-0.3, -0.25) is 4.90 Å². The number of methoxy groups -OCH3 is 4. The fourth-order valence-corrected chi connectivity index (χ4v) is 5.50. The van der Waals surface area contributed by atoms with Crippen LogP contribution in [0, 0.1) is 0 Å². The zero-order chi connectivity index (χ0) is 27.2. The van der Waals surface area contributed by atoms with Gasteiger partial charge in [0.2, 0.25) is 5.75 Å². The molecule has 1 aliphatic rings. The van der Waals surface area contributed by atoms with Crippen LogP contribution in [0.4, 0.5) is 11.4 Å². The number of benzene rings is 4. The van der Waals surface area contributed by atoms with E-state index < -0.39 is 0 Å². The average molecular weight is 525 g/mol. The van der Waals surface area contributed by atoms with Crippen LogP contribution in [0.1, 0.15) is 16.7 Å². The Kier molecular flexibility index (Phi) is 8.23. The lowest BCUT2D eigenvalue weighted by Crippen LogP contribution is -2.40. The Morgan fingerprint density at radius 3 is 2.00 bits per heavy atom. The van der Waals surface area contributed by atoms with Crippen LogP contribution in [0.5, 0.6) is 23.0 Å². The quantitative estimate of drug-likeness (QED) is 0.250. The first-order chi connectivity index (χ1) is 19.1. The van der Waals surface area contributed by atoms with Gasteiger partial charge in [-0.1, -0.05) is 48.5 Å². The summed E-state index contributed by atoms with van der Waals surface area (Å²) in [6, 6.07) is 32.0. The van der Waals surface area contributed by atoms with Gasteiger partial charge in [0.05, 0.1) is 34.5 Å². The van der Waals surface area contributed by atoms with Gasteiger partial charge in [-0.05, 0) is 65.6 Å². The molecule has 1 atom stereocenters. The van der Waals surface area contributed by atoms with E-state index in [4.69, 9.17) is 18.9 Å². The molecule has 39 heavy (non-hydrogen) atoms. The van der Waals surface area contributed by atoms with Crippen molar-refractivity contribution in [2.75, 3.05) is 39.9 Å². The normalized spacial score (nSPS) is 15.3. The number of fused-ring (bicyclic) bond motifs is 1. The molecule has 0 fully saturated rings. The Morgan fingerprint density at radius 2 is 1.36 bits per heavy atom. The molecule has 6 heteroatoms. The highest BCUT2D eigenvalue weighted by molar-refractivity contribution is 5.69. The average Bonchev–Trinajstić information content (AvgIpc) is 3.13. The van der Waals surface area contributed by atoms with Crippen LogP contribution in [0.3, 0.4) is 0 Å². The summed E-state index contributed by atoms with van der Waals surface area (Å²) in [5.74, 6) is 2.78. The van der Waals surface area contributed by atoms with Crippen molar-refractivity contribution >= 4 is 11.4 Å². The van der Waals surface area contributed by atoms with E-state index in [0.717, 1.165) is 43.1 Å². The topological polar surface area (TPSA) is 43.4 Å². The number of para-hydroxylation sites is 1. The van der Waals surface area contributed by atoms with Gasteiger partial charge in [0.1, 0.15) is 5.75 Å². The molecule has 5 rings (SSSR count). The highest BCUT2D eigenvalue weighted by atomic mass is 16.5. The van der Waals surface area contributed by atoms with E-state index in [9.17, 15) is 0 Å². The molecular formula is C33H36N2O4. The first kappa shape index (κ1) is 26.4. The number of ether oxygens (including phenoxy) is 4. The predicted molar refractivity (Wildman–Crippen MR) is 156 cm³/mol. The molecule has 1 heterocycles. The Hall–Kier alpha value is -4.16. The fourth-order valence-electron chi connectivity index (χ4n) is 5.50. The monoisotopic (exact) mass is 524 g/mol. The number of hydrogen-bond donors (Lipinski definition) is 0. The third-order valence-corrected chi connectivity index (χ3v) is 7.27. The number of rotatable bonds is 9. The highest BCUT2D eigenvalue weighted by Gasteiger charge is 2.30. The Morgan fingerprint density at radius 1 is 0.692 bits per heavy atom. The Balaban J connectivity index is 1.59. The van der Waals surface area contributed by atoms with Gasteiger partial charge in [0.25, 0.3) is 0 Å². The molecule has 0 N–H and O–H groups in total. The molecule has 0 saturated heterocycles. The van der Waals surface area contributed by atoms with Crippen molar-refractivity contribution in [3.05, 3.63) is 108 Å². The molecule has 202 valence electrons. The van der Waals surface area contributed by atoms with Crippen LogP contribution in [-0.2, 0) is 19.5 Å². The summed E-state index contributed by atoms with van der Waals surface area (Å²) in [4.78, 5) is 5.02. The number of nitrogens with zero attached hydrogens (tertiary/aromatic N) is 2. The van der Waals surface area contributed by atoms with Crippen LogP contribution in [0.2, 0.25) is 0 Å². The van der Waals surface area contributed by atoms with E-state index in [0.29, 0.717) is 17.2 Å². The molecule has 0 aliphatic carbocycles. The van der Waals surface area contributed by atoms with Crippen molar-refractivity contribution in [3.8, 4) is 23.0 Å². The second-order valence-corrected chi connectivity index (χ2v) is 9.74. The van der Waals surface area contributed by atoms with Gasteiger partial charge in [-0.15, -0.1) is 0 Å². The summed E-state index contributed by atoms with van der Waals surface area (Å²) in [5, 5.41) is 0. The van der Waals surface area contributed by atoms with Crippen LogP contribution in [0.15, 0.2) is 91.0 Å². The van der Waals surface area contributed by atoms with Crippen LogP contribution in [-0.4, -0.2) is 45.9 Å². The molecule has 4 aromatic rings. The highest BCUT2D eigenvalue weighted by Crippen LogP contribution is 2.41. The van der Waals surface area contributed by atoms with Crippen molar-refractivity contribution in [1.82, 2.24) is 4.90 Å². The third kappa shape index (κ3) is 5.81. The van der Waals surface area contributed by atoms with Crippen molar-refractivity contribution in [2.45, 2.75) is 25.6 Å². The summed E-state index contributed by atoms with van der Waals surface area (Å²) in [6.07, 6.45) is 0.780. The summed E-state index contributed by atoms with van der Waals surface area (Å²) in [7, 11) is 6.66. The lowest BCUT2D eigenvalue weighted by atomic mass is 10.0. The second-order valence-electron chi connectivity index (χ2n) is 9.74. The van der Waals surface area contributed by atoms with Gasteiger partial charge >= 0.3 is 0 Å². The number of hydrogen-bond acceptors (Lipinski definition) is 6. The van der Waals surface area contributed by atoms with Crippen LogP contribution < -0.4 is 23.8 Å². The standard InChI is InChI=1S/C33H36N2O4/c1-36-29-16-14-27(15-17-29)35-28(18-25-19-31(37-2)33(39-4)32(20-25)38-3)23-34(21-24-10-6-5-7-11-24)22-26-12-8-9-13-30(26)35/h5-17,19-20,28H,18,21-23H2,1-4H3. The van der Waals surface area contributed by atoms with Gasteiger partial charge in [0, 0.05) is 31.0 Å². The SMILES string of the molecule is COc1ccc(N2c3ccccc3CN(Cc3ccccc3)CC2Cc2cc(OC)c(OC)c(OC)c2)cc1. The fraction of sp³-hybridized carbons (Fsp3) is 0.273. The van der Waals surface area contributed by atoms with Crippen molar-refractivity contribution in [1.29, 1.82) is 0 Å². The van der Waals surface area contributed by atoms with Crippen molar-refractivity contribution < 1.29 is 18.9 Å². The second kappa shape index (κ2) is 12.1. The van der Waals surface area contributed by atoms with Crippen molar-refractivity contribution in [3.63, 3.8) is 0 Å². The first-order valence-corrected chi connectivity index (χ1v) is 13.2. The molecular weight excluding hydrogens is 488 g/mol. The van der Waals surface area contributed by atoms with Crippen molar-refractivity contribution in [2.24, 2.45) is 0 Å². The van der Waals surface area contributed by atoms with Crippen LogP contribution >= 0.6 is 0 Å². The molecule has 4 aromatic carbocycles. The third-order valence-electron chi connectivity index (χ3n) is 7.27. The maximum absolute atomic E-state index is 5.68. The first-order valence-electron chi connectivity index (χ1n) is 13.2. The van der Waals surface area contributed by atoms with E-state index in [1.165, 1.54) is 16.8 Å². The van der Waals surface area contributed by atoms with Gasteiger partial charge in [-0.25, -0.2) is 0 Å². The van der Waals surface area contributed by atoms with Gasteiger partial charge < -0.3 is 23.8 Å².